The van der Waals surface area contributed by atoms with Crippen molar-refractivity contribution in [3.63, 3.8) is 0 Å². The van der Waals surface area contributed by atoms with Crippen LogP contribution in [0.15, 0.2) is 0 Å². The van der Waals surface area contributed by atoms with Gasteiger partial charge in [0, 0.05) is 24.0 Å². The Morgan fingerprint density at radius 2 is 2.35 bits per heavy atom. The molecule has 2 rings (SSSR count). The highest BCUT2D eigenvalue weighted by molar-refractivity contribution is 7.11. The summed E-state index contributed by atoms with van der Waals surface area (Å²) in [5.41, 5.74) is 7.04. The highest BCUT2D eigenvalue weighted by Crippen LogP contribution is 2.19. The second kappa shape index (κ2) is 5.44. The summed E-state index contributed by atoms with van der Waals surface area (Å²) in [6, 6.07) is 0.0950. The molecule has 0 aromatic carbocycles. The van der Waals surface area contributed by atoms with Gasteiger partial charge in [-0.15, -0.1) is 11.3 Å². The van der Waals surface area contributed by atoms with Crippen molar-refractivity contribution >= 4 is 11.3 Å². The van der Waals surface area contributed by atoms with E-state index in [-0.39, 0.29) is 12.1 Å². The number of thiazole rings is 1. The fraction of sp³-hybridized carbons (Fsp3) is 0.750. The minimum atomic E-state index is 0.0950. The number of hydrogen-bond donors (Lipinski definition) is 1. The van der Waals surface area contributed by atoms with Gasteiger partial charge in [-0.1, -0.05) is 0 Å². The van der Waals surface area contributed by atoms with Gasteiger partial charge >= 0.3 is 0 Å². The number of rotatable bonds is 3. The Hall–Kier alpha value is -0.490. The lowest BCUT2D eigenvalue weighted by Crippen LogP contribution is -2.49. The van der Waals surface area contributed by atoms with E-state index in [2.05, 4.69) is 23.7 Å². The molecule has 2 N–H and O–H groups in total. The summed E-state index contributed by atoms with van der Waals surface area (Å²) < 4.78 is 5.65. The molecule has 2 atom stereocenters. The van der Waals surface area contributed by atoms with Gasteiger partial charge in [0.25, 0.3) is 0 Å². The first-order valence-corrected chi connectivity index (χ1v) is 6.90. The summed E-state index contributed by atoms with van der Waals surface area (Å²) in [6.07, 6.45) is 0.158. The van der Waals surface area contributed by atoms with Crippen LogP contribution in [-0.4, -0.2) is 41.7 Å². The summed E-state index contributed by atoms with van der Waals surface area (Å²) in [7, 11) is 0. The van der Waals surface area contributed by atoms with Crippen LogP contribution in [-0.2, 0) is 11.3 Å². The lowest BCUT2D eigenvalue weighted by atomic mass is 10.1. The van der Waals surface area contributed by atoms with E-state index in [1.165, 1.54) is 9.88 Å². The van der Waals surface area contributed by atoms with Gasteiger partial charge in [0.05, 0.1) is 24.9 Å². The topological polar surface area (TPSA) is 51.4 Å². The number of hydrogen-bond acceptors (Lipinski definition) is 5. The Balaban J connectivity index is 1.94. The molecule has 4 nitrogen and oxygen atoms in total. The van der Waals surface area contributed by atoms with Crippen LogP contribution in [0, 0.1) is 13.8 Å². The minimum absolute atomic E-state index is 0.0950. The molecule has 1 aromatic heterocycles. The zero-order valence-corrected chi connectivity index (χ0v) is 11.6. The van der Waals surface area contributed by atoms with Crippen molar-refractivity contribution in [2.24, 2.45) is 5.73 Å². The van der Waals surface area contributed by atoms with Crippen molar-refractivity contribution in [2.75, 3.05) is 19.7 Å². The molecule has 0 saturated carbocycles. The Morgan fingerprint density at radius 1 is 1.59 bits per heavy atom. The van der Waals surface area contributed by atoms with Crippen LogP contribution in [0.3, 0.4) is 0 Å². The summed E-state index contributed by atoms with van der Waals surface area (Å²) in [6.45, 7) is 9.78. The number of ether oxygens (including phenoxy) is 1. The maximum Gasteiger partial charge on any atom is 0.107 e. The Bertz CT molecular complexity index is 358. The largest absolute Gasteiger partial charge is 0.374 e. The van der Waals surface area contributed by atoms with E-state index in [1.54, 1.807) is 11.3 Å². The zero-order chi connectivity index (χ0) is 12.4. The molecule has 96 valence electrons. The molecule has 0 radical (unpaired) electrons. The number of nitrogens with zero attached hydrogens (tertiary/aromatic N) is 2. The summed E-state index contributed by atoms with van der Waals surface area (Å²) >= 11 is 1.79. The quantitative estimate of drug-likeness (QED) is 0.885. The van der Waals surface area contributed by atoms with E-state index in [4.69, 9.17) is 10.5 Å². The van der Waals surface area contributed by atoms with Crippen LogP contribution in [0.25, 0.3) is 0 Å². The van der Waals surface area contributed by atoms with Gasteiger partial charge < -0.3 is 10.5 Å². The number of morpholine rings is 1. The van der Waals surface area contributed by atoms with Crippen LogP contribution in [0.5, 0.6) is 0 Å². The van der Waals surface area contributed by atoms with Crippen LogP contribution < -0.4 is 5.73 Å². The van der Waals surface area contributed by atoms with Crippen molar-refractivity contribution in [3.05, 3.63) is 15.6 Å². The molecule has 1 saturated heterocycles. The number of aryl methyl sites for hydroxylation is 2. The van der Waals surface area contributed by atoms with Crippen molar-refractivity contribution in [1.82, 2.24) is 9.88 Å². The van der Waals surface area contributed by atoms with E-state index in [9.17, 15) is 0 Å². The first kappa shape index (κ1) is 13.0. The minimum Gasteiger partial charge on any atom is -0.374 e. The van der Waals surface area contributed by atoms with Gasteiger partial charge in [0.15, 0.2) is 0 Å². The molecule has 2 heterocycles. The zero-order valence-electron chi connectivity index (χ0n) is 10.8. The van der Waals surface area contributed by atoms with E-state index < -0.39 is 0 Å². The fourth-order valence-corrected chi connectivity index (χ4v) is 2.97. The molecule has 1 aliphatic rings. The van der Waals surface area contributed by atoms with Crippen LogP contribution in [0.1, 0.15) is 22.5 Å². The Kier molecular flexibility index (Phi) is 4.14. The van der Waals surface area contributed by atoms with Crippen LogP contribution in [0.2, 0.25) is 0 Å². The average molecular weight is 255 g/mol. The summed E-state index contributed by atoms with van der Waals surface area (Å²) in [5, 5.41) is 1.20. The molecular weight excluding hydrogens is 234 g/mol. The molecule has 0 amide bonds. The van der Waals surface area contributed by atoms with Gasteiger partial charge in [-0.2, -0.15) is 0 Å². The number of nitrogens with two attached hydrogens (primary N) is 1. The molecule has 1 aromatic rings. The molecule has 0 aliphatic carbocycles. The lowest BCUT2D eigenvalue weighted by Gasteiger charge is -2.34. The summed E-state index contributed by atoms with van der Waals surface area (Å²) in [4.78, 5) is 8.28. The highest BCUT2D eigenvalue weighted by atomic mass is 32.1. The smallest absolute Gasteiger partial charge is 0.107 e. The molecule has 1 aliphatic heterocycles. The molecule has 17 heavy (non-hydrogen) atoms. The van der Waals surface area contributed by atoms with E-state index in [1.807, 2.05) is 6.92 Å². The van der Waals surface area contributed by atoms with E-state index in [0.29, 0.717) is 0 Å². The Morgan fingerprint density at radius 3 is 2.94 bits per heavy atom. The molecule has 1 fully saturated rings. The van der Waals surface area contributed by atoms with Crippen molar-refractivity contribution < 1.29 is 4.74 Å². The normalized spacial score (nSPS) is 23.9. The fourth-order valence-electron chi connectivity index (χ4n) is 1.99. The molecular formula is C12H21N3OS. The third-order valence-electron chi connectivity index (χ3n) is 3.20. The van der Waals surface area contributed by atoms with Crippen molar-refractivity contribution in [1.29, 1.82) is 0 Å². The van der Waals surface area contributed by atoms with E-state index in [0.717, 1.165) is 31.9 Å². The molecule has 2 unspecified atom stereocenters. The van der Waals surface area contributed by atoms with Gasteiger partial charge in [-0.05, 0) is 20.8 Å². The van der Waals surface area contributed by atoms with Crippen LogP contribution >= 0.6 is 11.3 Å². The van der Waals surface area contributed by atoms with Gasteiger partial charge in [0.1, 0.15) is 5.01 Å². The predicted octanol–water partition coefficient (Wildman–Crippen LogP) is 1.31. The van der Waals surface area contributed by atoms with Gasteiger partial charge in [-0.25, -0.2) is 4.98 Å². The van der Waals surface area contributed by atoms with Crippen molar-refractivity contribution in [2.45, 2.75) is 39.5 Å². The van der Waals surface area contributed by atoms with Gasteiger partial charge in [0.2, 0.25) is 0 Å². The first-order valence-electron chi connectivity index (χ1n) is 6.08. The third-order valence-corrected chi connectivity index (χ3v) is 4.25. The molecule has 5 heteroatoms. The SMILES string of the molecule is Cc1nc(CN2CCOC(C(C)N)C2)sc1C. The maximum atomic E-state index is 5.89. The van der Waals surface area contributed by atoms with Gasteiger partial charge in [-0.3, -0.25) is 4.90 Å². The van der Waals surface area contributed by atoms with Crippen molar-refractivity contribution in [3.8, 4) is 0 Å². The standard InChI is InChI=1S/C12H21N3OS/c1-8(13)11-6-15(4-5-16-11)7-12-14-9(2)10(3)17-12/h8,11H,4-7,13H2,1-3H3. The first-order chi connectivity index (χ1) is 8.06. The second-order valence-corrected chi connectivity index (χ2v) is 6.04. The second-order valence-electron chi connectivity index (χ2n) is 4.75. The average Bonchev–Trinajstić information content (AvgIpc) is 2.58. The Labute approximate surface area is 107 Å². The summed E-state index contributed by atoms with van der Waals surface area (Å²) in [5.74, 6) is 0. The van der Waals surface area contributed by atoms with E-state index >= 15 is 0 Å². The van der Waals surface area contributed by atoms with Crippen LogP contribution in [0.4, 0.5) is 0 Å². The monoisotopic (exact) mass is 255 g/mol. The molecule has 0 spiro atoms. The lowest BCUT2D eigenvalue weighted by molar-refractivity contribution is -0.0403. The number of aromatic nitrogens is 1. The predicted molar refractivity (Wildman–Crippen MR) is 70.3 cm³/mol. The molecule has 0 bridgehead atoms. The third kappa shape index (κ3) is 3.25. The highest BCUT2D eigenvalue weighted by Gasteiger charge is 2.23. The maximum absolute atomic E-state index is 5.89.